The van der Waals surface area contributed by atoms with Crippen LogP contribution in [0.25, 0.3) is 11.6 Å². The maximum Gasteiger partial charge on any atom is 0.302 e. The second kappa shape index (κ2) is 15.1. The van der Waals surface area contributed by atoms with E-state index in [0.717, 1.165) is 12.8 Å². The van der Waals surface area contributed by atoms with Gasteiger partial charge in [-0.15, -0.1) is 0 Å². The van der Waals surface area contributed by atoms with Gasteiger partial charge in [-0.1, -0.05) is 42.9 Å². The van der Waals surface area contributed by atoms with Crippen molar-refractivity contribution in [3.8, 4) is 11.6 Å². The molecule has 2 aromatic rings. The van der Waals surface area contributed by atoms with Crippen LogP contribution in [0.15, 0.2) is 57.3 Å². The monoisotopic (exact) mass is 556 g/mol. The summed E-state index contributed by atoms with van der Waals surface area (Å²) in [5.74, 6) is 0.258. The molecule has 0 amide bonds. The van der Waals surface area contributed by atoms with Crippen molar-refractivity contribution in [1.29, 1.82) is 0 Å². The molecule has 0 aromatic carbocycles. The Labute approximate surface area is 237 Å². The van der Waals surface area contributed by atoms with Crippen LogP contribution in [-0.2, 0) is 30.2 Å². The van der Waals surface area contributed by atoms with Crippen molar-refractivity contribution in [2.75, 3.05) is 14.2 Å². The summed E-state index contributed by atoms with van der Waals surface area (Å²) >= 11 is 0. The average molecular weight is 557 g/mol. The van der Waals surface area contributed by atoms with Gasteiger partial charge in [0.15, 0.2) is 17.4 Å². The highest BCUT2D eigenvalue weighted by Gasteiger charge is 2.41. The Hall–Kier alpha value is -3.01. The summed E-state index contributed by atoms with van der Waals surface area (Å²) in [4.78, 5) is 20.7. The lowest BCUT2D eigenvalue weighted by molar-refractivity contribution is -0.280. The molecule has 220 valence electrons. The van der Waals surface area contributed by atoms with Crippen LogP contribution in [0, 0.1) is 5.92 Å². The van der Waals surface area contributed by atoms with Gasteiger partial charge < -0.3 is 27.8 Å². The van der Waals surface area contributed by atoms with Crippen LogP contribution in [0.4, 0.5) is 0 Å². The summed E-state index contributed by atoms with van der Waals surface area (Å²) in [5, 5.41) is 0. The molecule has 0 aliphatic carbocycles. The lowest BCUT2D eigenvalue weighted by Crippen LogP contribution is -2.47. The molecule has 1 fully saturated rings. The molecule has 9 heteroatoms. The molecule has 1 saturated heterocycles. The number of hydrogen-bond donors (Lipinski definition) is 0. The predicted octanol–water partition coefficient (Wildman–Crippen LogP) is 6.92. The number of hydrogen-bond acceptors (Lipinski definition) is 9. The number of methoxy groups -OCH3 is 2. The van der Waals surface area contributed by atoms with Crippen molar-refractivity contribution in [1.82, 2.24) is 9.97 Å². The second-order valence-electron chi connectivity index (χ2n) is 10.5. The van der Waals surface area contributed by atoms with Gasteiger partial charge in [-0.2, -0.15) is 0 Å². The zero-order valence-electron chi connectivity index (χ0n) is 24.8. The summed E-state index contributed by atoms with van der Waals surface area (Å²) in [7, 11) is 3.20. The maximum absolute atomic E-state index is 11.5. The Bertz CT molecular complexity index is 1160. The first-order valence-corrected chi connectivity index (χ1v) is 13.9. The molecule has 2 aromatic heterocycles. The predicted molar refractivity (Wildman–Crippen MR) is 151 cm³/mol. The molecule has 3 heterocycles. The minimum Gasteiger partial charge on any atom is -0.462 e. The minimum absolute atomic E-state index is 0.268. The number of oxazole rings is 2. The van der Waals surface area contributed by atoms with Crippen molar-refractivity contribution in [3.63, 3.8) is 0 Å². The summed E-state index contributed by atoms with van der Waals surface area (Å²) in [5.41, 5.74) is 2.50. The van der Waals surface area contributed by atoms with E-state index in [4.69, 9.17) is 27.8 Å². The molecule has 5 atom stereocenters. The van der Waals surface area contributed by atoms with Crippen molar-refractivity contribution in [3.05, 3.63) is 60.1 Å². The molecule has 1 aliphatic heterocycles. The van der Waals surface area contributed by atoms with Crippen LogP contribution in [0.1, 0.15) is 84.4 Å². The molecule has 0 spiro atoms. The van der Waals surface area contributed by atoms with E-state index >= 15 is 0 Å². The van der Waals surface area contributed by atoms with Gasteiger partial charge in [-0.25, -0.2) is 9.97 Å². The topological polar surface area (TPSA) is 106 Å². The van der Waals surface area contributed by atoms with Crippen LogP contribution >= 0.6 is 0 Å². The Morgan fingerprint density at radius 1 is 1.20 bits per heavy atom. The molecule has 2 unspecified atom stereocenters. The first-order chi connectivity index (χ1) is 19.1. The standard InChI is InChI=1S/C31H44N2O7/c1-8-12-21(2)15-22(3)13-10-9-11-14-29-32-27(20-37-29)30-33-26(19-38-30)28(35-6)17-24-16-25(39-23(4)34)18-31(5,36-7)40-24/h8-10,12,15,19-21,24-25,28H,11,13-14,16-18H2,1-7H3/b10-9+,12-8+,22-15-/t21?,24-,25-,28?,31-/m0/s1. The van der Waals surface area contributed by atoms with Gasteiger partial charge in [0.1, 0.15) is 30.4 Å². The summed E-state index contributed by atoms with van der Waals surface area (Å²) in [6.45, 7) is 9.63. The van der Waals surface area contributed by atoms with Gasteiger partial charge in [0.2, 0.25) is 5.89 Å². The van der Waals surface area contributed by atoms with E-state index in [1.54, 1.807) is 26.7 Å². The third-order valence-electron chi connectivity index (χ3n) is 6.86. The van der Waals surface area contributed by atoms with Gasteiger partial charge in [0.05, 0.1) is 6.10 Å². The smallest absolute Gasteiger partial charge is 0.302 e. The molecular weight excluding hydrogens is 512 g/mol. The van der Waals surface area contributed by atoms with Gasteiger partial charge in [-0.3, -0.25) is 4.79 Å². The molecule has 9 nitrogen and oxygen atoms in total. The fraction of sp³-hybridized carbons (Fsp3) is 0.581. The highest BCUT2D eigenvalue weighted by molar-refractivity contribution is 5.66. The Morgan fingerprint density at radius 3 is 2.70 bits per heavy atom. The number of esters is 1. The zero-order chi connectivity index (χ0) is 29.1. The molecule has 40 heavy (non-hydrogen) atoms. The number of aryl methyl sites for hydroxylation is 1. The quantitative estimate of drug-likeness (QED) is 0.181. The first kappa shape index (κ1) is 31.5. The van der Waals surface area contributed by atoms with Crippen molar-refractivity contribution < 1.29 is 32.6 Å². The minimum atomic E-state index is -0.858. The van der Waals surface area contributed by atoms with Crippen LogP contribution < -0.4 is 0 Å². The van der Waals surface area contributed by atoms with Gasteiger partial charge in [-0.05, 0) is 39.5 Å². The first-order valence-electron chi connectivity index (χ1n) is 13.9. The van der Waals surface area contributed by atoms with E-state index in [9.17, 15) is 4.79 Å². The molecule has 0 N–H and O–H groups in total. The van der Waals surface area contributed by atoms with Gasteiger partial charge in [0.25, 0.3) is 0 Å². The van der Waals surface area contributed by atoms with E-state index in [1.807, 2.05) is 13.8 Å². The number of rotatable bonds is 14. The lowest BCUT2D eigenvalue weighted by atomic mass is 9.95. The van der Waals surface area contributed by atoms with Crippen molar-refractivity contribution >= 4 is 5.97 Å². The van der Waals surface area contributed by atoms with E-state index < -0.39 is 11.9 Å². The van der Waals surface area contributed by atoms with E-state index in [0.29, 0.717) is 54.8 Å². The number of allylic oxidation sites excluding steroid dienone is 6. The molecule has 0 bridgehead atoms. The maximum atomic E-state index is 11.5. The van der Waals surface area contributed by atoms with Crippen LogP contribution in [0.5, 0.6) is 0 Å². The molecule has 3 rings (SSSR count). The summed E-state index contributed by atoms with van der Waals surface area (Å²) in [6.07, 6.45) is 17.0. The number of aromatic nitrogens is 2. The SMILES string of the molecule is C/C=C/C(C)/C=C(/C)C/C=C/CCc1nc(-c2nc(C(C[C@@H]3C[C@H](OC(C)=O)C[C@@](C)(OC)O3)OC)co2)co1. The lowest BCUT2D eigenvalue weighted by Gasteiger charge is -2.41. The van der Waals surface area contributed by atoms with Crippen LogP contribution in [0.3, 0.4) is 0 Å². The highest BCUT2D eigenvalue weighted by atomic mass is 16.7. The van der Waals surface area contributed by atoms with Crippen molar-refractivity contribution in [2.24, 2.45) is 5.92 Å². The molecule has 0 radical (unpaired) electrons. The highest BCUT2D eigenvalue weighted by Crippen LogP contribution is 2.36. The summed E-state index contributed by atoms with van der Waals surface area (Å²) < 4.78 is 34.3. The van der Waals surface area contributed by atoms with E-state index in [1.165, 1.54) is 12.5 Å². The largest absolute Gasteiger partial charge is 0.462 e. The Balaban J connectivity index is 1.56. The van der Waals surface area contributed by atoms with Crippen LogP contribution in [-0.4, -0.2) is 48.2 Å². The fourth-order valence-corrected chi connectivity index (χ4v) is 4.96. The third kappa shape index (κ3) is 9.57. The summed E-state index contributed by atoms with van der Waals surface area (Å²) in [6, 6.07) is 0. The van der Waals surface area contributed by atoms with Crippen LogP contribution in [0.2, 0.25) is 0 Å². The number of nitrogens with zero attached hydrogens (tertiary/aromatic N) is 2. The normalized spacial score (nSPS) is 23.6. The zero-order valence-corrected chi connectivity index (χ0v) is 24.8. The van der Waals surface area contributed by atoms with Crippen molar-refractivity contribution in [2.45, 2.75) is 97.2 Å². The number of ether oxygens (including phenoxy) is 4. The van der Waals surface area contributed by atoms with Gasteiger partial charge in [0, 0.05) is 46.8 Å². The molecular formula is C31H44N2O7. The van der Waals surface area contributed by atoms with E-state index in [-0.39, 0.29) is 18.2 Å². The van der Waals surface area contributed by atoms with Gasteiger partial charge >= 0.3 is 5.97 Å². The Morgan fingerprint density at radius 2 is 2.00 bits per heavy atom. The second-order valence-corrected chi connectivity index (χ2v) is 10.5. The molecule has 0 saturated carbocycles. The van der Waals surface area contributed by atoms with E-state index in [2.05, 4.69) is 54.2 Å². The third-order valence-corrected chi connectivity index (χ3v) is 6.86. The fourth-order valence-electron chi connectivity index (χ4n) is 4.96. The molecule has 1 aliphatic rings. The number of carbonyl (C=O) groups is 1. The number of carbonyl (C=O) groups excluding carboxylic acids is 1. The Kier molecular flexibility index (Phi) is 11.9. The average Bonchev–Trinajstić information content (AvgIpc) is 3.56.